The molecule has 0 aliphatic carbocycles. The molecule has 1 aliphatic rings. The molecule has 1 fully saturated rings. The van der Waals surface area contributed by atoms with Gasteiger partial charge in [0, 0.05) is 6.20 Å². The molecule has 4 N–H and O–H groups in total. The number of aromatic nitrogens is 2. The molecule has 2 rings (SSSR count). The molecule has 1 aliphatic heterocycles. The molecule has 3 atom stereocenters. The molecule has 1 unspecified atom stereocenters. The Morgan fingerprint density at radius 1 is 1.65 bits per heavy atom. The van der Waals surface area contributed by atoms with Crippen molar-refractivity contribution in [2.24, 2.45) is 0 Å². The average molecular weight is 255 g/mol. The first-order valence-corrected chi connectivity index (χ1v) is 5.96. The molecular weight excluding hydrogens is 242 g/mol. The van der Waals surface area contributed by atoms with E-state index in [1.165, 1.54) is 28.6 Å². The number of anilines is 1. The maximum absolute atomic E-state index is 11.6. The van der Waals surface area contributed by atoms with E-state index in [9.17, 15) is 9.90 Å². The van der Waals surface area contributed by atoms with Gasteiger partial charge in [-0.15, -0.1) is 11.8 Å². The highest BCUT2D eigenvalue weighted by Gasteiger charge is 2.38. The molecule has 17 heavy (non-hydrogen) atoms. The first-order chi connectivity index (χ1) is 8.04. The summed E-state index contributed by atoms with van der Waals surface area (Å²) >= 11 is 1.28. The quantitative estimate of drug-likeness (QED) is 0.607. The van der Waals surface area contributed by atoms with Crippen LogP contribution < -0.4 is 11.4 Å². The summed E-state index contributed by atoms with van der Waals surface area (Å²) in [5.41, 5.74) is 5.40. The Labute approximate surface area is 102 Å². The second-order valence-corrected chi connectivity index (χ2v) is 5.10. The highest BCUT2D eigenvalue weighted by molar-refractivity contribution is 8.00. The summed E-state index contributed by atoms with van der Waals surface area (Å²) < 4.78 is 1.35. The van der Waals surface area contributed by atoms with Crippen molar-refractivity contribution in [2.75, 3.05) is 12.3 Å². The van der Waals surface area contributed by atoms with Gasteiger partial charge in [-0.05, 0) is 11.6 Å². The Kier molecular flexibility index (Phi) is 3.23. The molecule has 0 aromatic carbocycles. The van der Waals surface area contributed by atoms with Gasteiger partial charge < -0.3 is 15.9 Å². The van der Waals surface area contributed by atoms with Crippen molar-refractivity contribution < 1.29 is 10.2 Å². The van der Waals surface area contributed by atoms with E-state index in [0.717, 1.165) is 0 Å². The Bertz CT molecular complexity index is 502. The number of hydrogen-bond donors (Lipinski definition) is 3. The Balaban J connectivity index is 2.35. The maximum Gasteiger partial charge on any atom is 0.350 e. The molecule has 1 aromatic heterocycles. The fourth-order valence-electron chi connectivity index (χ4n) is 1.70. The fourth-order valence-corrected chi connectivity index (χ4v) is 3.05. The summed E-state index contributed by atoms with van der Waals surface area (Å²) in [6.07, 6.45) is 0.694. The third-order valence-corrected chi connectivity index (χ3v) is 4.18. The van der Waals surface area contributed by atoms with Gasteiger partial charge in [0.25, 0.3) is 0 Å². The Morgan fingerprint density at radius 3 is 2.88 bits per heavy atom. The molecule has 0 amide bonds. The summed E-state index contributed by atoms with van der Waals surface area (Å²) in [7, 11) is 0. The van der Waals surface area contributed by atoms with Gasteiger partial charge in [-0.2, -0.15) is 4.98 Å². The molecule has 6 nitrogen and oxygen atoms in total. The van der Waals surface area contributed by atoms with Crippen molar-refractivity contribution in [3.8, 4) is 0 Å². The lowest BCUT2D eigenvalue weighted by Gasteiger charge is -2.13. The van der Waals surface area contributed by atoms with Crippen LogP contribution in [0.4, 0.5) is 5.82 Å². The van der Waals surface area contributed by atoms with Gasteiger partial charge in [-0.1, -0.05) is 6.58 Å². The normalized spacial score (nSPS) is 28.6. The van der Waals surface area contributed by atoms with Crippen LogP contribution in [0.15, 0.2) is 29.2 Å². The van der Waals surface area contributed by atoms with Crippen LogP contribution in [0.25, 0.3) is 0 Å². The molecule has 0 saturated carbocycles. The summed E-state index contributed by atoms with van der Waals surface area (Å²) in [5, 5.41) is 18.1. The van der Waals surface area contributed by atoms with Crippen LogP contribution in [0.1, 0.15) is 5.37 Å². The largest absolute Gasteiger partial charge is 0.395 e. The van der Waals surface area contributed by atoms with E-state index >= 15 is 0 Å². The van der Waals surface area contributed by atoms with E-state index in [0.29, 0.717) is 5.57 Å². The van der Waals surface area contributed by atoms with E-state index < -0.39 is 17.2 Å². The first kappa shape index (κ1) is 12.2. The molecule has 7 heteroatoms. The standard InChI is InChI=1S/C10H13N3O3S/c1-5-8(15)6(4-14)17-9(5)13-3-2-7(11)12-10(13)16/h2-3,6,8-9,14-15H,1,4H2,(H2,11,12,16)/t6-,8?,9-/m1/s1. The van der Waals surface area contributed by atoms with Crippen LogP contribution in [-0.4, -0.2) is 37.7 Å². The van der Waals surface area contributed by atoms with Crippen molar-refractivity contribution in [2.45, 2.75) is 16.7 Å². The minimum Gasteiger partial charge on any atom is -0.395 e. The van der Waals surface area contributed by atoms with Crippen molar-refractivity contribution in [1.82, 2.24) is 9.55 Å². The van der Waals surface area contributed by atoms with Crippen LogP contribution in [-0.2, 0) is 0 Å². The maximum atomic E-state index is 11.6. The number of thioether (sulfide) groups is 1. The lowest BCUT2D eigenvalue weighted by molar-refractivity contribution is 0.172. The molecule has 2 heterocycles. The van der Waals surface area contributed by atoms with Crippen molar-refractivity contribution in [1.29, 1.82) is 0 Å². The van der Waals surface area contributed by atoms with E-state index in [-0.39, 0.29) is 17.7 Å². The van der Waals surface area contributed by atoms with E-state index in [1.54, 1.807) is 0 Å². The van der Waals surface area contributed by atoms with E-state index in [1.807, 2.05) is 0 Å². The molecule has 1 saturated heterocycles. The number of hydrogen-bond acceptors (Lipinski definition) is 6. The Hall–Kier alpha value is -1.31. The lowest BCUT2D eigenvalue weighted by atomic mass is 10.1. The third kappa shape index (κ3) is 2.08. The molecule has 0 radical (unpaired) electrons. The van der Waals surface area contributed by atoms with Gasteiger partial charge in [-0.3, -0.25) is 4.57 Å². The van der Waals surface area contributed by atoms with Gasteiger partial charge in [0.15, 0.2) is 0 Å². The van der Waals surface area contributed by atoms with Crippen LogP contribution in [0.5, 0.6) is 0 Å². The molecule has 0 spiro atoms. The second-order valence-electron chi connectivity index (χ2n) is 3.77. The molecule has 92 valence electrons. The summed E-state index contributed by atoms with van der Waals surface area (Å²) in [6, 6.07) is 1.51. The summed E-state index contributed by atoms with van der Waals surface area (Å²) in [4.78, 5) is 15.3. The fraction of sp³-hybridized carbons (Fsp3) is 0.400. The summed E-state index contributed by atoms with van der Waals surface area (Å²) in [5.74, 6) is 0.152. The smallest absolute Gasteiger partial charge is 0.350 e. The Morgan fingerprint density at radius 2 is 2.35 bits per heavy atom. The lowest BCUT2D eigenvalue weighted by Crippen LogP contribution is -2.26. The number of aliphatic hydroxyl groups is 2. The van der Waals surface area contributed by atoms with Crippen LogP contribution in [0.3, 0.4) is 0 Å². The van der Waals surface area contributed by atoms with Gasteiger partial charge in [0.2, 0.25) is 0 Å². The highest BCUT2D eigenvalue weighted by Crippen LogP contribution is 2.43. The average Bonchev–Trinajstić information content (AvgIpc) is 2.57. The summed E-state index contributed by atoms with van der Waals surface area (Å²) in [6.45, 7) is 3.59. The van der Waals surface area contributed by atoms with E-state index in [4.69, 9.17) is 10.8 Å². The van der Waals surface area contributed by atoms with Crippen LogP contribution >= 0.6 is 11.8 Å². The van der Waals surface area contributed by atoms with Gasteiger partial charge >= 0.3 is 5.69 Å². The minimum atomic E-state index is -0.820. The first-order valence-electron chi connectivity index (χ1n) is 5.02. The minimum absolute atomic E-state index is 0.152. The zero-order valence-electron chi connectivity index (χ0n) is 8.98. The predicted molar refractivity (Wildman–Crippen MR) is 65.6 cm³/mol. The van der Waals surface area contributed by atoms with Gasteiger partial charge in [-0.25, -0.2) is 4.79 Å². The SMILES string of the molecule is C=C1C(O)[C@@H](CO)S[C@H]1n1ccc(N)nc1=O. The number of rotatable bonds is 2. The molecule has 1 aromatic rings. The zero-order chi connectivity index (χ0) is 12.6. The number of nitrogens with zero attached hydrogens (tertiary/aromatic N) is 2. The predicted octanol–water partition coefficient (Wildman–Crippen LogP) is -0.651. The molecule has 0 bridgehead atoms. The second kappa shape index (κ2) is 4.52. The zero-order valence-corrected chi connectivity index (χ0v) is 9.80. The van der Waals surface area contributed by atoms with Crippen LogP contribution in [0, 0.1) is 0 Å². The number of nitrogen functional groups attached to an aromatic ring is 1. The van der Waals surface area contributed by atoms with Crippen LogP contribution in [0.2, 0.25) is 0 Å². The van der Waals surface area contributed by atoms with E-state index in [2.05, 4.69) is 11.6 Å². The highest BCUT2D eigenvalue weighted by atomic mass is 32.2. The van der Waals surface area contributed by atoms with Crippen molar-refractivity contribution >= 4 is 17.6 Å². The molecular formula is C10H13N3O3S. The van der Waals surface area contributed by atoms with Gasteiger partial charge in [0.1, 0.15) is 11.2 Å². The monoisotopic (exact) mass is 255 g/mol. The number of aliphatic hydroxyl groups excluding tert-OH is 2. The third-order valence-electron chi connectivity index (χ3n) is 2.64. The number of nitrogens with two attached hydrogens (primary N) is 1. The van der Waals surface area contributed by atoms with Crippen molar-refractivity contribution in [3.05, 3.63) is 34.9 Å². The van der Waals surface area contributed by atoms with Gasteiger partial charge in [0.05, 0.1) is 18.0 Å². The topological polar surface area (TPSA) is 101 Å². The van der Waals surface area contributed by atoms with Crippen molar-refractivity contribution in [3.63, 3.8) is 0 Å².